The number of ether oxygens (including phenoxy) is 1. The van der Waals surface area contributed by atoms with Crippen molar-refractivity contribution in [2.45, 2.75) is 20.4 Å². The first-order valence-corrected chi connectivity index (χ1v) is 9.50. The van der Waals surface area contributed by atoms with Crippen LogP contribution in [0.25, 0.3) is 0 Å². The first kappa shape index (κ1) is 19.9. The van der Waals surface area contributed by atoms with Crippen molar-refractivity contribution in [1.82, 2.24) is 14.7 Å². The lowest BCUT2D eigenvalue weighted by Gasteiger charge is -2.35. The summed E-state index contributed by atoms with van der Waals surface area (Å²) in [6.45, 7) is 8.14. The van der Waals surface area contributed by atoms with Crippen molar-refractivity contribution in [3.05, 3.63) is 41.7 Å². The maximum atomic E-state index is 12.5. The number of piperazine rings is 1. The standard InChI is InChI=1S/C20H27N5O3/c1-4-25-18(13-15(2)22-25)20(27)21-16-5-7-17(8-6-16)24-11-9-23(10-12-24)14-19(26)28-3/h5-8,13H,4,9-12,14H2,1-3H3,(H,21,27). The number of amides is 1. The number of nitrogens with zero attached hydrogens (tertiary/aromatic N) is 4. The summed E-state index contributed by atoms with van der Waals surface area (Å²) in [4.78, 5) is 28.3. The quantitative estimate of drug-likeness (QED) is 0.764. The molecule has 8 nitrogen and oxygen atoms in total. The Morgan fingerprint density at radius 2 is 1.82 bits per heavy atom. The highest BCUT2D eigenvalue weighted by molar-refractivity contribution is 6.03. The molecule has 3 rings (SSSR count). The van der Waals surface area contributed by atoms with Gasteiger partial charge in [-0.05, 0) is 44.2 Å². The third-order valence-corrected chi connectivity index (χ3v) is 4.88. The minimum Gasteiger partial charge on any atom is -0.468 e. The SMILES string of the molecule is CCn1nc(C)cc1C(=O)Nc1ccc(N2CCN(CC(=O)OC)CC2)cc1. The number of benzene rings is 1. The number of nitrogens with one attached hydrogen (secondary N) is 1. The van der Waals surface area contributed by atoms with E-state index in [0.717, 1.165) is 43.2 Å². The van der Waals surface area contributed by atoms with Gasteiger partial charge in [-0.1, -0.05) is 0 Å². The normalized spacial score (nSPS) is 14.8. The average Bonchev–Trinajstić information content (AvgIpc) is 3.10. The molecule has 1 aromatic carbocycles. The Hall–Kier alpha value is -2.87. The van der Waals surface area contributed by atoms with Crippen LogP contribution < -0.4 is 10.2 Å². The molecule has 8 heteroatoms. The van der Waals surface area contributed by atoms with Crippen LogP contribution in [0.2, 0.25) is 0 Å². The van der Waals surface area contributed by atoms with E-state index >= 15 is 0 Å². The maximum absolute atomic E-state index is 12.5. The Morgan fingerprint density at radius 3 is 2.43 bits per heavy atom. The van der Waals surface area contributed by atoms with Crippen LogP contribution in [0.4, 0.5) is 11.4 Å². The lowest BCUT2D eigenvalue weighted by Crippen LogP contribution is -2.48. The summed E-state index contributed by atoms with van der Waals surface area (Å²) in [5, 5.41) is 7.25. The monoisotopic (exact) mass is 385 g/mol. The second-order valence-corrected chi connectivity index (χ2v) is 6.83. The lowest BCUT2D eigenvalue weighted by atomic mass is 10.2. The first-order valence-electron chi connectivity index (χ1n) is 9.50. The van der Waals surface area contributed by atoms with E-state index in [1.54, 1.807) is 10.7 Å². The van der Waals surface area contributed by atoms with E-state index in [9.17, 15) is 9.59 Å². The van der Waals surface area contributed by atoms with Gasteiger partial charge in [0.05, 0.1) is 19.3 Å². The fraction of sp³-hybridized carbons (Fsp3) is 0.450. The number of anilines is 2. The van der Waals surface area contributed by atoms with E-state index in [1.165, 1.54) is 7.11 Å². The van der Waals surface area contributed by atoms with Crippen LogP contribution in [-0.4, -0.2) is 66.4 Å². The van der Waals surface area contributed by atoms with Crippen molar-refractivity contribution in [2.24, 2.45) is 0 Å². The smallest absolute Gasteiger partial charge is 0.319 e. The number of hydrogen-bond acceptors (Lipinski definition) is 6. The van der Waals surface area contributed by atoms with Crippen LogP contribution in [0.15, 0.2) is 30.3 Å². The number of methoxy groups -OCH3 is 1. The molecular weight excluding hydrogens is 358 g/mol. The van der Waals surface area contributed by atoms with E-state index in [1.807, 2.05) is 38.1 Å². The summed E-state index contributed by atoms with van der Waals surface area (Å²) in [7, 11) is 1.41. The number of aromatic nitrogens is 2. The maximum Gasteiger partial charge on any atom is 0.319 e. The number of aryl methyl sites for hydroxylation is 2. The lowest BCUT2D eigenvalue weighted by molar-refractivity contribution is -0.142. The molecule has 0 atom stereocenters. The van der Waals surface area contributed by atoms with Gasteiger partial charge in [0.2, 0.25) is 0 Å². The van der Waals surface area contributed by atoms with Crippen molar-refractivity contribution < 1.29 is 14.3 Å². The topological polar surface area (TPSA) is 79.7 Å². The zero-order valence-corrected chi connectivity index (χ0v) is 16.6. The summed E-state index contributed by atoms with van der Waals surface area (Å²) in [5.74, 6) is -0.361. The van der Waals surface area contributed by atoms with E-state index in [4.69, 9.17) is 4.74 Å². The number of esters is 1. The summed E-state index contributed by atoms with van der Waals surface area (Å²) in [6, 6.07) is 9.63. The fourth-order valence-corrected chi connectivity index (χ4v) is 3.33. The first-order chi connectivity index (χ1) is 13.5. The van der Waals surface area contributed by atoms with E-state index < -0.39 is 0 Å². The van der Waals surface area contributed by atoms with Gasteiger partial charge in [0.15, 0.2) is 0 Å². The van der Waals surface area contributed by atoms with E-state index in [-0.39, 0.29) is 11.9 Å². The zero-order chi connectivity index (χ0) is 20.1. The van der Waals surface area contributed by atoms with Crippen LogP contribution in [0.1, 0.15) is 23.1 Å². The molecule has 1 fully saturated rings. The zero-order valence-electron chi connectivity index (χ0n) is 16.6. The molecule has 0 spiro atoms. The molecule has 1 saturated heterocycles. The average molecular weight is 385 g/mol. The third-order valence-electron chi connectivity index (χ3n) is 4.88. The molecule has 1 aromatic heterocycles. The summed E-state index contributed by atoms with van der Waals surface area (Å²) in [5.41, 5.74) is 3.24. The highest BCUT2D eigenvalue weighted by atomic mass is 16.5. The van der Waals surface area contributed by atoms with Gasteiger partial charge in [-0.2, -0.15) is 5.10 Å². The van der Waals surface area contributed by atoms with Crippen molar-refractivity contribution in [3.8, 4) is 0 Å². The van der Waals surface area contributed by atoms with Crippen LogP contribution in [0.3, 0.4) is 0 Å². The van der Waals surface area contributed by atoms with Crippen LogP contribution in [0, 0.1) is 6.92 Å². The Morgan fingerprint density at radius 1 is 1.14 bits per heavy atom. The highest BCUT2D eigenvalue weighted by Gasteiger charge is 2.19. The summed E-state index contributed by atoms with van der Waals surface area (Å²) < 4.78 is 6.42. The molecule has 1 amide bonds. The number of carbonyl (C=O) groups is 2. The molecule has 0 bridgehead atoms. The largest absolute Gasteiger partial charge is 0.468 e. The Balaban J connectivity index is 1.57. The Kier molecular flexibility index (Phi) is 6.30. The second-order valence-electron chi connectivity index (χ2n) is 6.83. The van der Waals surface area contributed by atoms with Crippen molar-refractivity contribution in [2.75, 3.05) is 50.1 Å². The number of carbonyl (C=O) groups excluding carboxylic acids is 2. The molecule has 1 aliphatic rings. The predicted molar refractivity (Wildman–Crippen MR) is 108 cm³/mol. The van der Waals surface area contributed by atoms with Gasteiger partial charge in [0.25, 0.3) is 5.91 Å². The molecule has 2 aromatic rings. The molecule has 28 heavy (non-hydrogen) atoms. The molecule has 1 aliphatic heterocycles. The fourth-order valence-electron chi connectivity index (χ4n) is 3.33. The molecule has 0 saturated carbocycles. The Labute approximate surface area is 165 Å². The Bertz CT molecular complexity index is 823. The van der Waals surface area contributed by atoms with Gasteiger partial charge in [-0.3, -0.25) is 19.2 Å². The van der Waals surface area contributed by atoms with E-state index in [0.29, 0.717) is 18.8 Å². The molecule has 2 heterocycles. The third kappa shape index (κ3) is 4.69. The minimum absolute atomic E-state index is 0.161. The van der Waals surface area contributed by atoms with Gasteiger partial charge in [0, 0.05) is 44.1 Å². The van der Waals surface area contributed by atoms with Gasteiger partial charge < -0.3 is 15.0 Å². The number of hydrogen-bond donors (Lipinski definition) is 1. The van der Waals surface area contributed by atoms with Crippen molar-refractivity contribution >= 4 is 23.3 Å². The summed E-state index contributed by atoms with van der Waals surface area (Å²) >= 11 is 0. The molecule has 0 unspecified atom stereocenters. The van der Waals surface area contributed by atoms with Crippen LogP contribution >= 0.6 is 0 Å². The van der Waals surface area contributed by atoms with Crippen LogP contribution in [-0.2, 0) is 16.1 Å². The molecule has 150 valence electrons. The van der Waals surface area contributed by atoms with Gasteiger partial charge in [-0.15, -0.1) is 0 Å². The minimum atomic E-state index is -0.201. The second kappa shape index (κ2) is 8.88. The van der Waals surface area contributed by atoms with Gasteiger partial charge in [-0.25, -0.2) is 0 Å². The van der Waals surface area contributed by atoms with Crippen LogP contribution in [0.5, 0.6) is 0 Å². The number of rotatable bonds is 6. The highest BCUT2D eigenvalue weighted by Crippen LogP contribution is 2.20. The van der Waals surface area contributed by atoms with Crippen molar-refractivity contribution in [3.63, 3.8) is 0 Å². The van der Waals surface area contributed by atoms with E-state index in [2.05, 4.69) is 20.2 Å². The molecule has 0 radical (unpaired) electrons. The van der Waals surface area contributed by atoms with Crippen molar-refractivity contribution in [1.29, 1.82) is 0 Å². The predicted octanol–water partition coefficient (Wildman–Crippen LogP) is 1.76. The molecular formula is C20H27N5O3. The molecule has 0 aliphatic carbocycles. The summed E-state index contributed by atoms with van der Waals surface area (Å²) in [6.07, 6.45) is 0. The van der Waals surface area contributed by atoms with Gasteiger partial charge >= 0.3 is 5.97 Å². The van der Waals surface area contributed by atoms with Gasteiger partial charge in [0.1, 0.15) is 5.69 Å². The molecule has 1 N–H and O–H groups in total.